The van der Waals surface area contributed by atoms with Crippen LogP contribution >= 0.6 is 0 Å². The van der Waals surface area contributed by atoms with Gasteiger partial charge in [-0.25, -0.2) is 4.79 Å². The van der Waals surface area contributed by atoms with Crippen LogP contribution < -0.4 is 10.0 Å². The molecule has 2 rings (SSSR count). The van der Waals surface area contributed by atoms with Gasteiger partial charge < -0.3 is 15.3 Å². The molecule has 0 bridgehead atoms. The Morgan fingerprint density at radius 1 is 1.28 bits per heavy atom. The molecule has 0 radical (unpaired) electrons. The van der Waals surface area contributed by atoms with Crippen molar-refractivity contribution in [3.05, 3.63) is 81.3 Å². The highest BCUT2D eigenvalue weighted by molar-refractivity contribution is 5.67. The molecule has 0 aliphatic carbocycles. The lowest BCUT2D eigenvalue weighted by molar-refractivity contribution is -0.606. The number of nitrogens with one attached hydrogen (secondary N) is 1. The Morgan fingerprint density at radius 2 is 2.04 bits per heavy atom. The fourth-order valence-electron chi connectivity index (χ4n) is 2.02. The Kier molecular flexibility index (Phi) is 6.47. The molecule has 25 heavy (non-hydrogen) atoms. The SMILES string of the molecule is O=C(NCCC=Cc1c[n+]([O-])ccc1[N+](=O)[O-])OCc1ccccc1. The first-order valence-electron chi connectivity index (χ1n) is 7.54. The highest BCUT2D eigenvalue weighted by atomic mass is 16.6. The third-order valence-corrected chi connectivity index (χ3v) is 3.23. The molecule has 0 atom stereocenters. The number of amides is 1. The smallest absolute Gasteiger partial charge is 0.407 e. The minimum absolute atomic E-state index is 0.154. The number of hydrogen-bond acceptors (Lipinski definition) is 5. The molecule has 8 heteroatoms. The zero-order valence-corrected chi connectivity index (χ0v) is 13.3. The van der Waals surface area contributed by atoms with Gasteiger partial charge >= 0.3 is 6.09 Å². The van der Waals surface area contributed by atoms with Gasteiger partial charge in [0.15, 0.2) is 12.4 Å². The second-order valence-electron chi connectivity index (χ2n) is 5.08. The van der Waals surface area contributed by atoms with Gasteiger partial charge in [-0.3, -0.25) is 10.1 Å². The van der Waals surface area contributed by atoms with Crippen molar-refractivity contribution < 1.29 is 19.2 Å². The molecular weight excluding hydrogens is 326 g/mol. The molecular formula is C17H17N3O5. The van der Waals surface area contributed by atoms with Crippen molar-refractivity contribution in [1.82, 2.24) is 5.32 Å². The molecule has 8 nitrogen and oxygen atoms in total. The average Bonchev–Trinajstić information content (AvgIpc) is 2.60. The number of carbonyl (C=O) groups excluding carboxylic acids is 1. The van der Waals surface area contributed by atoms with Crippen LogP contribution in [0.15, 0.2) is 54.9 Å². The maximum absolute atomic E-state index is 11.5. The molecule has 1 N–H and O–H groups in total. The molecule has 1 amide bonds. The van der Waals surface area contributed by atoms with Gasteiger partial charge in [0, 0.05) is 6.54 Å². The summed E-state index contributed by atoms with van der Waals surface area (Å²) in [6.45, 7) is 0.490. The topological polar surface area (TPSA) is 108 Å². The van der Waals surface area contributed by atoms with E-state index in [0.717, 1.165) is 24.0 Å². The highest BCUT2D eigenvalue weighted by Gasteiger charge is 2.14. The lowest BCUT2D eigenvalue weighted by atomic mass is 10.2. The van der Waals surface area contributed by atoms with Gasteiger partial charge in [-0.2, -0.15) is 4.73 Å². The van der Waals surface area contributed by atoms with Crippen LogP contribution in [0.5, 0.6) is 0 Å². The molecule has 1 heterocycles. The van der Waals surface area contributed by atoms with E-state index in [9.17, 15) is 20.1 Å². The van der Waals surface area contributed by atoms with E-state index in [4.69, 9.17) is 4.74 Å². The number of nitrogens with zero attached hydrogens (tertiary/aromatic N) is 2. The molecule has 0 aliphatic rings. The number of ether oxygens (including phenoxy) is 1. The van der Waals surface area contributed by atoms with E-state index < -0.39 is 11.0 Å². The van der Waals surface area contributed by atoms with Crippen LogP contribution in [0, 0.1) is 15.3 Å². The minimum Gasteiger partial charge on any atom is -0.619 e. The van der Waals surface area contributed by atoms with E-state index in [0.29, 0.717) is 17.7 Å². The Bertz CT molecular complexity index is 762. The zero-order valence-electron chi connectivity index (χ0n) is 13.3. The summed E-state index contributed by atoms with van der Waals surface area (Å²) in [5.41, 5.74) is 0.938. The second kappa shape index (κ2) is 9.02. The predicted molar refractivity (Wildman–Crippen MR) is 90.3 cm³/mol. The van der Waals surface area contributed by atoms with Crippen molar-refractivity contribution in [2.24, 2.45) is 0 Å². The van der Waals surface area contributed by atoms with E-state index in [1.54, 1.807) is 6.08 Å². The number of rotatable bonds is 7. The molecule has 130 valence electrons. The quantitative estimate of drug-likeness (QED) is 0.273. The van der Waals surface area contributed by atoms with Crippen LogP contribution in [-0.4, -0.2) is 17.6 Å². The maximum atomic E-state index is 11.5. The fraction of sp³-hybridized carbons (Fsp3) is 0.176. The van der Waals surface area contributed by atoms with Crippen LogP contribution in [0.2, 0.25) is 0 Å². The first kappa shape index (κ1) is 17.9. The van der Waals surface area contributed by atoms with Gasteiger partial charge in [-0.15, -0.1) is 0 Å². The van der Waals surface area contributed by atoms with Gasteiger partial charge in [0.2, 0.25) is 0 Å². The van der Waals surface area contributed by atoms with E-state index >= 15 is 0 Å². The molecule has 0 saturated heterocycles. The Balaban J connectivity index is 1.75. The Morgan fingerprint density at radius 3 is 2.76 bits per heavy atom. The van der Waals surface area contributed by atoms with E-state index in [2.05, 4.69) is 5.32 Å². The first-order chi connectivity index (χ1) is 12.1. The number of nitro groups is 1. The molecule has 0 unspecified atom stereocenters. The lowest BCUT2D eigenvalue weighted by Crippen LogP contribution is -2.25. The molecule has 0 aliphatic heterocycles. The Hall–Kier alpha value is -3.42. The van der Waals surface area contributed by atoms with Gasteiger partial charge in [0.05, 0.1) is 11.0 Å². The van der Waals surface area contributed by atoms with Crippen molar-refractivity contribution in [2.75, 3.05) is 6.54 Å². The molecule has 0 fully saturated rings. The standard InChI is InChI=1S/C17H17N3O5/c21-17(25-13-14-6-2-1-3-7-14)18-10-5-4-8-15-12-19(22)11-9-16(15)20(23)24/h1-4,6-9,11-12H,5,10,13H2,(H,18,21). The number of benzene rings is 1. The Labute approximate surface area is 144 Å². The summed E-state index contributed by atoms with van der Waals surface area (Å²) >= 11 is 0. The summed E-state index contributed by atoms with van der Waals surface area (Å²) in [5, 5.41) is 24.7. The van der Waals surface area contributed by atoms with Gasteiger partial charge in [-0.05, 0) is 18.1 Å². The van der Waals surface area contributed by atoms with E-state index in [1.807, 2.05) is 30.3 Å². The fourth-order valence-corrected chi connectivity index (χ4v) is 2.02. The van der Waals surface area contributed by atoms with Crippen molar-refractivity contribution >= 4 is 17.9 Å². The maximum Gasteiger partial charge on any atom is 0.407 e. The zero-order chi connectivity index (χ0) is 18.1. The highest BCUT2D eigenvalue weighted by Crippen LogP contribution is 2.17. The molecule has 1 aromatic carbocycles. The largest absolute Gasteiger partial charge is 0.619 e. The number of carbonyl (C=O) groups is 1. The van der Waals surface area contributed by atoms with Crippen LogP contribution in [0.1, 0.15) is 17.5 Å². The molecule has 1 aromatic heterocycles. The number of pyridine rings is 1. The summed E-state index contributed by atoms with van der Waals surface area (Å²) in [7, 11) is 0. The van der Waals surface area contributed by atoms with Crippen LogP contribution in [-0.2, 0) is 11.3 Å². The van der Waals surface area contributed by atoms with E-state index in [-0.39, 0.29) is 17.9 Å². The third kappa shape index (κ3) is 5.94. The summed E-state index contributed by atoms with van der Waals surface area (Å²) in [6, 6.07) is 10.4. The van der Waals surface area contributed by atoms with Crippen LogP contribution in [0.4, 0.5) is 10.5 Å². The van der Waals surface area contributed by atoms with Crippen molar-refractivity contribution in [3.63, 3.8) is 0 Å². The van der Waals surface area contributed by atoms with Crippen molar-refractivity contribution in [1.29, 1.82) is 0 Å². The summed E-state index contributed by atoms with van der Waals surface area (Å²) < 4.78 is 5.54. The van der Waals surface area contributed by atoms with Crippen molar-refractivity contribution in [3.8, 4) is 0 Å². The number of aromatic nitrogens is 1. The van der Waals surface area contributed by atoms with Gasteiger partial charge in [0.25, 0.3) is 5.69 Å². The normalized spacial score (nSPS) is 10.6. The molecule has 0 spiro atoms. The lowest BCUT2D eigenvalue weighted by Gasteiger charge is -2.05. The van der Waals surface area contributed by atoms with Gasteiger partial charge in [-0.1, -0.05) is 36.4 Å². The van der Waals surface area contributed by atoms with Crippen molar-refractivity contribution in [2.45, 2.75) is 13.0 Å². The molecule has 2 aromatic rings. The summed E-state index contributed by atoms with van der Waals surface area (Å²) in [4.78, 5) is 21.9. The predicted octanol–water partition coefficient (Wildman–Crippen LogP) is 2.56. The minimum atomic E-state index is -0.557. The van der Waals surface area contributed by atoms with E-state index in [1.165, 1.54) is 6.08 Å². The third-order valence-electron chi connectivity index (χ3n) is 3.23. The average molecular weight is 343 g/mol. The van der Waals surface area contributed by atoms with Crippen LogP contribution in [0.25, 0.3) is 6.08 Å². The number of hydrogen-bond donors (Lipinski definition) is 1. The second-order valence-corrected chi connectivity index (χ2v) is 5.08. The first-order valence-corrected chi connectivity index (χ1v) is 7.54. The summed E-state index contributed by atoms with van der Waals surface area (Å²) in [5.74, 6) is 0. The van der Waals surface area contributed by atoms with Crippen LogP contribution in [0.3, 0.4) is 0 Å². The summed E-state index contributed by atoms with van der Waals surface area (Å²) in [6.07, 6.45) is 5.20. The molecule has 0 saturated carbocycles. The monoisotopic (exact) mass is 343 g/mol. The number of alkyl carbamates (subject to hydrolysis) is 1. The van der Waals surface area contributed by atoms with Gasteiger partial charge in [0.1, 0.15) is 12.2 Å².